The molecular weight excluding hydrogens is 451 g/mol. The number of amides is 1. The van der Waals surface area contributed by atoms with Crippen molar-refractivity contribution in [1.29, 1.82) is 0 Å². The molecule has 1 aliphatic rings. The maximum atomic E-state index is 11.6. The summed E-state index contributed by atoms with van der Waals surface area (Å²) in [6.45, 7) is 0. The molecule has 148 valence electrons. The van der Waals surface area contributed by atoms with Crippen LogP contribution in [0.4, 0.5) is 0 Å². The molecule has 0 spiro atoms. The van der Waals surface area contributed by atoms with Gasteiger partial charge in [-0.1, -0.05) is 46.9 Å². The highest BCUT2D eigenvalue weighted by atomic mass is 35.5. The molecule has 0 radical (unpaired) electrons. The van der Waals surface area contributed by atoms with Crippen LogP contribution in [0.15, 0.2) is 62.9 Å². The second-order valence-corrected chi connectivity index (χ2v) is 8.53. The van der Waals surface area contributed by atoms with Gasteiger partial charge in [-0.25, -0.2) is 5.01 Å². The highest BCUT2D eigenvalue weighted by Gasteiger charge is 2.31. The molecule has 0 aliphatic carbocycles. The third-order valence-electron chi connectivity index (χ3n) is 4.70. The normalized spacial score (nSPS) is 16.2. The number of halogens is 3. The molecule has 0 N–H and O–H groups in total. The molecule has 0 bridgehead atoms. The molecule has 0 saturated carbocycles. The van der Waals surface area contributed by atoms with Crippen molar-refractivity contribution in [1.82, 2.24) is 5.01 Å². The standard InChI is InChI=1S/C21H15Cl3N2O2S/c1-29-13-4-2-12(3-5-13)18-10-19(26(11-27)25-18)21-7-6-20(28-21)14-8-16(23)17(24)9-15(14)22/h2-9,11,19H,10H2,1H3. The molecular formula is C21H15Cl3N2O2S. The molecule has 2 aromatic carbocycles. The third-order valence-corrected chi connectivity index (χ3v) is 6.48. The minimum Gasteiger partial charge on any atom is -0.459 e. The van der Waals surface area contributed by atoms with E-state index in [-0.39, 0.29) is 6.04 Å². The Hall–Kier alpha value is -1.92. The lowest BCUT2D eigenvalue weighted by atomic mass is 10.0. The molecule has 1 aliphatic heterocycles. The first kappa shape index (κ1) is 20.4. The topological polar surface area (TPSA) is 45.8 Å². The van der Waals surface area contributed by atoms with E-state index in [1.807, 2.05) is 36.6 Å². The second kappa shape index (κ2) is 8.44. The summed E-state index contributed by atoms with van der Waals surface area (Å²) >= 11 is 20.1. The Labute approximate surface area is 187 Å². The van der Waals surface area contributed by atoms with Crippen molar-refractivity contribution in [3.8, 4) is 11.3 Å². The summed E-state index contributed by atoms with van der Waals surface area (Å²) in [6.07, 6.45) is 3.29. The number of carbonyl (C=O) groups excluding carboxylic acids is 1. The van der Waals surface area contributed by atoms with Gasteiger partial charge in [-0.2, -0.15) is 5.10 Å². The highest BCUT2D eigenvalue weighted by molar-refractivity contribution is 7.98. The summed E-state index contributed by atoms with van der Waals surface area (Å²) in [4.78, 5) is 12.8. The zero-order valence-corrected chi connectivity index (χ0v) is 18.3. The predicted octanol–water partition coefficient (Wildman–Crippen LogP) is 6.94. The van der Waals surface area contributed by atoms with Gasteiger partial charge in [0.15, 0.2) is 0 Å². The number of rotatable bonds is 5. The van der Waals surface area contributed by atoms with Crippen LogP contribution < -0.4 is 0 Å². The number of hydrogen-bond donors (Lipinski definition) is 0. The molecule has 3 aromatic rings. The lowest BCUT2D eigenvalue weighted by Gasteiger charge is -2.14. The van der Waals surface area contributed by atoms with Crippen molar-refractivity contribution in [2.75, 3.05) is 6.26 Å². The molecule has 29 heavy (non-hydrogen) atoms. The van der Waals surface area contributed by atoms with Crippen molar-refractivity contribution in [2.24, 2.45) is 5.10 Å². The van der Waals surface area contributed by atoms with E-state index in [9.17, 15) is 4.79 Å². The van der Waals surface area contributed by atoms with Crippen molar-refractivity contribution < 1.29 is 9.21 Å². The van der Waals surface area contributed by atoms with Gasteiger partial charge in [0, 0.05) is 16.9 Å². The quantitative estimate of drug-likeness (QED) is 0.233. The van der Waals surface area contributed by atoms with E-state index in [4.69, 9.17) is 39.2 Å². The van der Waals surface area contributed by atoms with Gasteiger partial charge in [0.1, 0.15) is 17.6 Å². The molecule has 1 unspecified atom stereocenters. The van der Waals surface area contributed by atoms with Crippen molar-refractivity contribution in [3.05, 3.63) is 74.9 Å². The molecule has 1 aromatic heterocycles. The Balaban J connectivity index is 1.61. The Bertz CT molecular complexity index is 1100. The van der Waals surface area contributed by atoms with Crippen LogP contribution in [0, 0.1) is 0 Å². The fourth-order valence-corrected chi connectivity index (χ4v) is 4.25. The van der Waals surface area contributed by atoms with Crippen molar-refractivity contribution >= 4 is 58.7 Å². The molecule has 8 heteroatoms. The fraction of sp³-hybridized carbons (Fsp3) is 0.143. The minimum absolute atomic E-state index is 0.321. The van der Waals surface area contributed by atoms with Gasteiger partial charge < -0.3 is 4.42 Å². The van der Waals surface area contributed by atoms with E-state index in [2.05, 4.69) is 5.10 Å². The van der Waals surface area contributed by atoms with Gasteiger partial charge in [-0.3, -0.25) is 4.79 Å². The molecule has 1 amide bonds. The molecule has 4 nitrogen and oxygen atoms in total. The van der Waals surface area contributed by atoms with Crippen LogP contribution in [0.25, 0.3) is 11.3 Å². The molecule has 0 fully saturated rings. The number of hydrogen-bond acceptors (Lipinski definition) is 4. The lowest BCUT2D eigenvalue weighted by Crippen LogP contribution is -2.16. The van der Waals surface area contributed by atoms with Crippen LogP contribution in [-0.4, -0.2) is 23.4 Å². The number of furan rings is 1. The molecule has 0 saturated heterocycles. The van der Waals surface area contributed by atoms with E-state index >= 15 is 0 Å². The van der Waals surface area contributed by atoms with Crippen LogP contribution >= 0.6 is 46.6 Å². The van der Waals surface area contributed by atoms with Gasteiger partial charge in [-0.15, -0.1) is 11.8 Å². The van der Waals surface area contributed by atoms with E-state index in [0.717, 1.165) is 11.3 Å². The monoisotopic (exact) mass is 464 g/mol. The average Bonchev–Trinajstić information content (AvgIpc) is 3.37. The summed E-state index contributed by atoms with van der Waals surface area (Å²) in [7, 11) is 0. The minimum atomic E-state index is -0.321. The van der Waals surface area contributed by atoms with E-state index < -0.39 is 0 Å². The third kappa shape index (κ3) is 4.05. The van der Waals surface area contributed by atoms with E-state index in [1.54, 1.807) is 30.0 Å². The van der Waals surface area contributed by atoms with Crippen LogP contribution in [0.1, 0.15) is 23.8 Å². The summed E-state index contributed by atoms with van der Waals surface area (Å²) in [5.41, 5.74) is 2.45. The first-order valence-electron chi connectivity index (χ1n) is 8.70. The smallest absolute Gasteiger partial charge is 0.230 e. The number of carbonyl (C=O) groups is 1. The van der Waals surface area contributed by atoms with Gasteiger partial charge in [0.25, 0.3) is 0 Å². The first-order valence-corrected chi connectivity index (χ1v) is 11.1. The Morgan fingerprint density at radius 2 is 1.79 bits per heavy atom. The Kier molecular flexibility index (Phi) is 5.93. The Morgan fingerprint density at radius 1 is 1.07 bits per heavy atom. The van der Waals surface area contributed by atoms with Crippen molar-refractivity contribution in [2.45, 2.75) is 17.4 Å². The number of nitrogens with zero attached hydrogens (tertiary/aromatic N) is 2. The maximum absolute atomic E-state index is 11.6. The largest absolute Gasteiger partial charge is 0.459 e. The van der Waals surface area contributed by atoms with E-state index in [1.165, 1.54) is 9.90 Å². The summed E-state index contributed by atoms with van der Waals surface area (Å²) in [6, 6.07) is 14.7. The second-order valence-electron chi connectivity index (χ2n) is 6.43. The molecule has 1 atom stereocenters. The predicted molar refractivity (Wildman–Crippen MR) is 119 cm³/mol. The van der Waals surface area contributed by atoms with Gasteiger partial charge >= 0.3 is 0 Å². The lowest BCUT2D eigenvalue weighted by molar-refractivity contribution is -0.120. The molecule has 4 rings (SSSR count). The van der Waals surface area contributed by atoms with Gasteiger partial charge in [0.2, 0.25) is 6.41 Å². The zero-order valence-electron chi connectivity index (χ0n) is 15.2. The summed E-state index contributed by atoms with van der Waals surface area (Å²) in [5, 5.41) is 7.05. The number of thioether (sulfide) groups is 1. The number of hydrazone groups is 1. The van der Waals surface area contributed by atoms with E-state index in [0.29, 0.717) is 45.0 Å². The van der Waals surface area contributed by atoms with Crippen LogP contribution in [-0.2, 0) is 4.79 Å². The first-order chi connectivity index (χ1) is 14.0. The Morgan fingerprint density at radius 3 is 2.48 bits per heavy atom. The van der Waals surface area contributed by atoms with Crippen LogP contribution in [0.2, 0.25) is 15.1 Å². The number of benzene rings is 2. The summed E-state index contributed by atoms with van der Waals surface area (Å²) < 4.78 is 6.02. The van der Waals surface area contributed by atoms with Gasteiger partial charge in [0.05, 0.1) is 20.8 Å². The molecule has 2 heterocycles. The highest BCUT2D eigenvalue weighted by Crippen LogP contribution is 2.39. The van der Waals surface area contributed by atoms with Gasteiger partial charge in [-0.05, 0) is 48.2 Å². The maximum Gasteiger partial charge on any atom is 0.230 e. The van der Waals surface area contributed by atoms with Crippen LogP contribution in [0.5, 0.6) is 0 Å². The average molecular weight is 466 g/mol. The van der Waals surface area contributed by atoms with Crippen LogP contribution in [0.3, 0.4) is 0 Å². The van der Waals surface area contributed by atoms with Crippen molar-refractivity contribution in [3.63, 3.8) is 0 Å². The zero-order chi connectivity index (χ0) is 20.5. The fourth-order valence-electron chi connectivity index (χ4n) is 3.20. The SMILES string of the molecule is CSc1ccc(C2=NN(C=O)C(c3ccc(-c4cc(Cl)c(Cl)cc4Cl)o3)C2)cc1. The summed E-state index contributed by atoms with van der Waals surface area (Å²) in [5.74, 6) is 1.17.